The maximum atomic E-state index is 5.91. The smallest absolute Gasteiger partial charge is 0.178 e. The quantitative estimate of drug-likeness (QED) is 0.449. The number of nitrogens with one attached hydrogen (secondary N) is 2. The van der Waals surface area contributed by atoms with Crippen LogP contribution < -0.4 is 15.8 Å². The molecule has 9 heteroatoms. The van der Waals surface area contributed by atoms with Crippen molar-refractivity contribution in [2.45, 2.75) is 25.3 Å². The van der Waals surface area contributed by atoms with E-state index in [1.54, 1.807) is 7.11 Å². The summed E-state index contributed by atoms with van der Waals surface area (Å²) in [6.45, 7) is 2.77. The second kappa shape index (κ2) is 7.75. The summed E-state index contributed by atoms with van der Waals surface area (Å²) >= 11 is 0. The molecule has 154 valence electrons. The van der Waals surface area contributed by atoms with Crippen LogP contribution in [0, 0.1) is 0 Å². The maximum absolute atomic E-state index is 5.91. The van der Waals surface area contributed by atoms with Crippen LogP contribution in [0.4, 0.5) is 5.82 Å². The Kier molecular flexibility index (Phi) is 4.80. The highest BCUT2D eigenvalue weighted by atomic mass is 16.5. The van der Waals surface area contributed by atoms with Gasteiger partial charge in [0.15, 0.2) is 5.65 Å². The fourth-order valence-corrected chi connectivity index (χ4v) is 4.12. The van der Waals surface area contributed by atoms with Crippen LogP contribution in [0.15, 0.2) is 36.7 Å². The van der Waals surface area contributed by atoms with E-state index in [0.717, 1.165) is 41.9 Å². The Bertz CT molecular complexity index is 1170. The van der Waals surface area contributed by atoms with E-state index in [0.29, 0.717) is 30.3 Å². The molecule has 30 heavy (non-hydrogen) atoms. The molecule has 1 fully saturated rings. The number of aromatic nitrogens is 6. The summed E-state index contributed by atoms with van der Waals surface area (Å²) < 4.78 is 7.49. The van der Waals surface area contributed by atoms with Gasteiger partial charge in [0.25, 0.3) is 0 Å². The number of hydrogen-bond donors (Lipinski definition) is 3. The number of nitrogens with two attached hydrogens (primary N) is 1. The molecular weight excluding hydrogens is 380 g/mol. The van der Waals surface area contributed by atoms with Crippen molar-refractivity contribution >= 4 is 17.0 Å². The van der Waals surface area contributed by atoms with Gasteiger partial charge in [-0.2, -0.15) is 5.10 Å². The average Bonchev–Trinajstić information content (AvgIpc) is 3.49. The summed E-state index contributed by atoms with van der Waals surface area (Å²) in [4.78, 5) is 4.22. The number of benzene rings is 1. The average molecular weight is 404 g/mol. The minimum Gasteiger partial charge on any atom is -0.497 e. The monoisotopic (exact) mass is 404 g/mol. The first-order chi connectivity index (χ1) is 14.7. The molecule has 0 spiro atoms. The summed E-state index contributed by atoms with van der Waals surface area (Å²) in [6.07, 6.45) is 5.75. The third kappa shape index (κ3) is 3.71. The molecule has 0 aliphatic carbocycles. The Morgan fingerprint density at radius 1 is 1.23 bits per heavy atom. The lowest BCUT2D eigenvalue weighted by Crippen LogP contribution is -2.09. The SMILES string of the molecule is COc1cc(Cn2cc(Cc3cc(N)nc4[nH]nnc34)cn2)cc([C@@H]2CCNC2)c1. The van der Waals surface area contributed by atoms with Gasteiger partial charge in [0.1, 0.15) is 17.1 Å². The molecule has 0 unspecified atom stereocenters. The largest absolute Gasteiger partial charge is 0.497 e. The first-order valence-electron chi connectivity index (χ1n) is 10.0. The Labute approximate surface area is 173 Å². The molecule has 0 radical (unpaired) electrons. The van der Waals surface area contributed by atoms with Crippen molar-refractivity contribution in [1.29, 1.82) is 0 Å². The molecule has 1 aromatic carbocycles. The van der Waals surface area contributed by atoms with Gasteiger partial charge >= 0.3 is 0 Å². The maximum Gasteiger partial charge on any atom is 0.178 e. The zero-order valence-electron chi connectivity index (χ0n) is 16.8. The van der Waals surface area contributed by atoms with Crippen molar-refractivity contribution < 1.29 is 4.74 Å². The second-order valence-electron chi connectivity index (χ2n) is 7.74. The lowest BCUT2D eigenvalue weighted by Gasteiger charge is -2.13. The van der Waals surface area contributed by atoms with Crippen molar-refractivity contribution in [2.24, 2.45) is 0 Å². The Morgan fingerprint density at radius 2 is 2.17 bits per heavy atom. The molecule has 4 heterocycles. The molecule has 3 aromatic heterocycles. The number of ether oxygens (including phenoxy) is 1. The molecule has 0 saturated carbocycles. The van der Waals surface area contributed by atoms with Crippen molar-refractivity contribution in [3.63, 3.8) is 0 Å². The number of aromatic amines is 1. The third-order valence-electron chi connectivity index (χ3n) is 5.58. The molecular formula is C21H24N8O. The standard InChI is InChI=1S/C21H24N8O/c1-30-18-6-13(4-16(7-18)15-2-3-23-10-15)11-29-12-14(9-24-29)5-17-8-19(22)25-21-20(17)26-28-27-21/h4,6-9,12,15,23H,2-3,5,10-11H2,1H3,(H3,22,25,26,27,28)/t15-/m1/s1. The van der Waals surface area contributed by atoms with Crippen molar-refractivity contribution in [3.8, 4) is 5.75 Å². The first kappa shape index (κ1) is 18.6. The van der Waals surface area contributed by atoms with Gasteiger partial charge in [-0.1, -0.05) is 11.3 Å². The molecule has 1 atom stereocenters. The van der Waals surface area contributed by atoms with E-state index in [4.69, 9.17) is 10.5 Å². The van der Waals surface area contributed by atoms with E-state index < -0.39 is 0 Å². The van der Waals surface area contributed by atoms with Gasteiger partial charge in [0.2, 0.25) is 0 Å². The highest BCUT2D eigenvalue weighted by Gasteiger charge is 2.18. The lowest BCUT2D eigenvalue weighted by atomic mass is 9.96. The number of H-pyrrole nitrogens is 1. The van der Waals surface area contributed by atoms with Crippen LogP contribution >= 0.6 is 0 Å². The molecule has 0 bridgehead atoms. The summed E-state index contributed by atoms with van der Waals surface area (Å²) in [5.41, 5.74) is 11.8. The first-order valence-corrected chi connectivity index (χ1v) is 10.0. The second-order valence-corrected chi connectivity index (χ2v) is 7.74. The van der Waals surface area contributed by atoms with E-state index in [1.807, 2.05) is 16.9 Å². The topological polar surface area (TPSA) is 120 Å². The van der Waals surface area contributed by atoms with Crippen molar-refractivity contribution in [3.05, 3.63) is 58.9 Å². The fourth-order valence-electron chi connectivity index (χ4n) is 4.12. The number of nitrogen functional groups attached to an aromatic ring is 1. The zero-order chi connectivity index (χ0) is 20.5. The van der Waals surface area contributed by atoms with Gasteiger partial charge in [-0.15, -0.1) is 5.10 Å². The van der Waals surface area contributed by atoms with Crippen LogP contribution in [-0.2, 0) is 13.0 Å². The number of pyridine rings is 1. The summed E-state index contributed by atoms with van der Waals surface area (Å²) in [5, 5.41) is 18.7. The minimum atomic E-state index is 0.446. The summed E-state index contributed by atoms with van der Waals surface area (Å²) in [5.74, 6) is 1.87. The Balaban J connectivity index is 1.37. The van der Waals surface area contributed by atoms with E-state index in [-0.39, 0.29) is 0 Å². The highest BCUT2D eigenvalue weighted by molar-refractivity contribution is 5.76. The van der Waals surface area contributed by atoms with E-state index >= 15 is 0 Å². The Hall–Kier alpha value is -3.46. The number of nitrogens with zero attached hydrogens (tertiary/aromatic N) is 5. The predicted molar refractivity (Wildman–Crippen MR) is 113 cm³/mol. The molecule has 1 aliphatic heterocycles. The van der Waals surface area contributed by atoms with Crippen molar-refractivity contribution in [1.82, 2.24) is 35.5 Å². The predicted octanol–water partition coefficient (Wildman–Crippen LogP) is 1.86. The molecule has 4 N–H and O–H groups in total. The number of fused-ring (bicyclic) bond motifs is 1. The molecule has 4 aromatic rings. The third-order valence-corrected chi connectivity index (χ3v) is 5.58. The number of hydrogen-bond acceptors (Lipinski definition) is 7. The van der Waals surface area contributed by atoms with E-state index in [2.05, 4.69) is 55.2 Å². The normalized spacial score (nSPS) is 16.4. The van der Waals surface area contributed by atoms with Gasteiger partial charge in [0, 0.05) is 19.2 Å². The molecule has 1 saturated heterocycles. The zero-order valence-corrected chi connectivity index (χ0v) is 16.8. The van der Waals surface area contributed by atoms with Gasteiger partial charge in [-0.05, 0) is 59.3 Å². The lowest BCUT2D eigenvalue weighted by molar-refractivity contribution is 0.413. The number of methoxy groups -OCH3 is 1. The van der Waals surface area contributed by atoms with Crippen LogP contribution in [0.1, 0.15) is 34.6 Å². The van der Waals surface area contributed by atoms with E-state index in [1.165, 1.54) is 11.1 Å². The molecule has 5 rings (SSSR count). The van der Waals surface area contributed by atoms with E-state index in [9.17, 15) is 0 Å². The van der Waals surface area contributed by atoms with Crippen LogP contribution in [0.5, 0.6) is 5.75 Å². The van der Waals surface area contributed by atoms with Crippen LogP contribution in [0.2, 0.25) is 0 Å². The van der Waals surface area contributed by atoms with Crippen molar-refractivity contribution in [2.75, 3.05) is 25.9 Å². The molecule has 9 nitrogen and oxygen atoms in total. The minimum absolute atomic E-state index is 0.446. The van der Waals surface area contributed by atoms with Gasteiger partial charge in [-0.3, -0.25) is 4.68 Å². The molecule has 1 aliphatic rings. The molecule has 0 amide bonds. The number of rotatable bonds is 6. The van der Waals surface area contributed by atoms with Crippen LogP contribution in [-0.4, -0.2) is 50.4 Å². The fraction of sp³-hybridized carbons (Fsp3) is 0.333. The van der Waals surface area contributed by atoms with Gasteiger partial charge in [0.05, 0.1) is 19.9 Å². The van der Waals surface area contributed by atoms with Crippen LogP contribution in [0.3, 0.4) is 0 Å². The summed E-state index contributed by atoms with van der Waals surface area (Å²) in [6, 6.07) is 8.33. The summed E-state index contributed by atoms with van der Waals surface area (Å²) in [7, 11) is 1.72. The van der Waals surface area contributed by atoms with Crippen LogP contribution in [0.25, 0.3) is 11.2 Å². The van der Waals surface area contributed by atoms with Gasteiger partial charge < -0.3 is 15.8 Å². The van der Waals surface area contributed by atoms with Gasteiger partial charge in [-0.25, -0.2) is 10.1 Å². The number of anilines is 1. The highest BCUT2D eigenvalue weighted by Crippen LogP contribution is 2.28. The Morgan fingerprint density at radius 3 is 3.00 bits per heavy atom.